The van der Waals surface area contributed by atoms with Crippen molar-refractivity contribution >= 4 is 51.3 Å². The number of halogens is 2. The molecule has 0 aliphatic heterocycles. The predicted octanol–water partition coefficient (Wildman–Crippen LogP) is 4.98. The number of fused-ring (bicyclic) bond motifs is 1. The number of amides is 1. The van der Waals surface area contributed by atoms with Crippen LogP contribution in [0.25, 0.3) is 16.2 Å². The van der Waals surface area contributed by atoms with E-state index >= 15 is 0 Å². The maximum Gasteiger partial charge on any atom is 0.234 e. The summed E-state index contributed by atoms with van der Waals surface area (Å²) < 4.78 is 15.5. The van der Waals surface area contributed by atoms with Gasteiger partial charge in [0.2, 0.25) is 10.9 Å². The minimum Gasteiger partial charge on any atom is -0.323 e. The Morgan fingerprint density at radius 2 is 1.96 bits per heavy atom. The molecule has 0 aliphatic carbocycles. The quantitative estimate of drug-likeness (QED) is 0.464. The lowest BCUT2D eigenvalue weighted by molar-refractivity contribution is -0.113. The van der Waals surface area contributed by atoms with Gasteiger partial charge < -0.3 is 5.32 Å². The van der Waals surface area contributed by atoms with E-state index < -0.39 is 5.82 Å². The fourth-order valence-corrected chi connectivity index (χ4v) is 4.26. The first-order valence-electron chi connectivity index (χ1n) is 7.87. The molecule has 0 saturated heterocycles. The summed E-state index contributed by atoms with van der Waals surface area (Å²) in [7, 11) is 0. The van der Waals surface area contributed by atoms with Crippen LogP contribution in [0.1, 0.15) is 0 Å². The lowest BCUT2D eigenvalue weighted by atomic mass is 10.2. The molecule has 0 unspecified atom stereocenters. The van der Waals surface area contributed by atoms with Gasteiger partial charge in [0.1, 0.15) is 5.82 Å². The fourth-order valence-electron chi connectivity index (χ4n) is 2.49. The minimum absolute atomic E-state index is 0.0883. The summed E-state index contributed by atoms with van der Waals surface area (Å²) >= 11 is 8.67. The monoisotopic (exact) mass is 418 g/mol. The van der Waals surface area contributed by atoms with Crippen molar-refractivity contribution in [1.82, 2.24) is 14.6 Å². The maximum absolute atomic E-state index is 13.6. The summed E-state index contributed by atoms with van der Waals surface area (Å²) in [5.41, 5.74) is 2.06. The van der Waals surface area contributed by atoms with Gasteiger partial charge >= 0.3 is 0 Å². The van der Waals surface area contributed by atoms with Crippen molar-refractivity contribution < 1.29 is 9.18 Å². The molecule has 0 atom stereocenters. The summed E-state index contributed by atoms with van der Waals surface area (Å²) in [6, 6.07) is 13.5. The van der Waals surface area contributed by atoms with Gasteiger partial charge in [-0.1, -0.05) is 47.6 Å². The molecule has 2 aromatic heterocycles. The topological polar surface area (TPSA) is 59.3 Å². The molecular formula is C18H12ClFN4OS2. The Morgan fingerprint density at radius 3 is 2.74 bits per heavy atom. The fraction of sp³-hybridized carbons (Fsp3) is 0.0556. The van der Waals surface area contributed by atoms with E-state index in [9.17, 15) is 9.18 Å². The standard InChI is InChI=1S/C18H12ClFN4OS2/c19-12-7-5-11(6-8-12)15-9-26-17-22-23-18(24(15)17)27-10-16(25)21-14-4-2-1-3-13(14)20/h1-9H,10H2,(H,21,25). The molecule has 9 heteroatoms. The van der Waals surface area contributed by atoms with Crippen molar-refractivity contribution in [3.63, 3.8) is 0 Å². The summed E-state index contributed by atoms with van der Waals surface area (Å²) in [6.07, 6.45) is 0. The first-order chi connectivity index (χ1) is 13.1. The van der Waals surface area contributed by atoms with E-state index in [4.69, 9.17) is 11.6 Å². The van der Waals surface area contributed by atoms with Gasteiger partial charge in [0.05, 0.1) is 17.1 Å². The molecule has 0 fully saturated rings. The zero-order valence-corrected chi connectivity index (χ0v) is 16.1. The highest BCUT2D eigenvalue weighted by Gasteiger charge is 2.15. The third-order valence-electron chi connectivity index (χ3n) is 3.74. The number of aromatic nitrogens is 3. The number of hydrogen-bond acceptors (Lipinski definition) is 5. The summed E-state index contributed by atoms with van der Waals surface area (Å²) in [5.74, 6) is -0.695. The molecule has 27 heavy (non-hydrogen) atoms. The van der Waals surface area contributed by atoms with Crippen LogP contribution in [0, 0.1) is 5.82 Å². The van der Waals surface area contributed by atoms with Crippen LogP contribution < -0.4 is 5.32 Å². The average Bonchev–Trinajstić information content (AvgIpc) is 3.25. The summed E-state index contributed by atoms with van der Waals surface area (Å²) in [5, 5.41) is 14.1. The van der Waals surface area contributed by atoms with Gasteiger partial charge in [0, 0.05) is 10.4 Å². The molecule has 4 rings (SSSR count). The van der Waals surface area contributed by atoms with Crippen LogP contribution in [-0.2, 0) is 4.79 Å². The SMILES string of the molecule is O=C(CSc1nnc2scc(-c3ccc(Cl)cc3)n12)Nc1ccccc1F. The first-order valence-corrected chi connectivity index (χ1v) is 10.1. The van der Waals surface area contributed by atoms with E-state index in [0.717, 1.165) is 16.2 Å². The van der Waals surface area contributed by atoms with Gasteiger partial charge in [-0.15, -0.1) is 21.5 Å². The van der Waals surface area contributed by atoms with Crippen molar-refractivity contribution in [2.45, 2.75) is 5.16 Å². The van der Waals surface area contributed by atoms with Crippen molar-refractivity contribution in [3.8, 4) is 11.3 Å². The molecule has 4 aromatic rings. The number of benzene rings is 2. The zero-order chi connectivity index (χ0) is 18.8. The first kappa shape index (κ1) is 18.0. The van der Waals surface area contributed by atoms with E-state index in [1.165, 1.54) is 35.2 Å². The highest BCUT2D eigenvalue weighted by molar-refractivity contribution is 7.99. The van der Waals surface area contributed by atoms with Crippen molar-refractivity contribution in [2.75, 3.05) is 11.1 Å². The van der Waals surface area contributed by atoms with Crippen LogP contribution in [0.4, 0.5) is 10.1 Å². The van der Waals surface area contributed by atoms with E-state index in [2.05, 4.69) is 15.5 Å². The van der Waals surface area contributed by atoms with E-state index in [1.807, 2.05) is 34.0 Å². The zero-order valence-electron chi connectivity index (χ0n) is 13.7. The number of anilines is 1. The molecule has 1 N–H and O–H groups in total. The highest BCUT2D eigenvalue weighted by Crippen LogP contribution is 2.30. The number of nitrogens with one attached hydrogen (secondary N) is 1. The van der Waals surface area contributed by atoms with Crippen molar-refractivity contribution in [3.05, 3.63) is 64.8 Å². The van der Waals surface area contributed by atoms with E-state index in [0.29, 0.717) is 10.2 Å². The molecule has 0 radical (unpaired) electrons. The number of nitrogens with zero attached hydrogens (tertiary/aromatic N) is 3. The summed E-state index contributed by atoms with van der Waals surface area (Å²) in [4.78, 5) is 12.9. The molecule has 0 saturated carbocycles. The Hall–Kier alpha value is -2.42. The van der Waals surface area contributed by atoms with Crippen LogP contribution in [0.2, 0.25) is 5.02 Å². The summed E-state index contributed by atoms with van der Waals surface area (Å²) in [6.45, 7) is 0. The van der Waals surface area contributed by atoms with Crippen LogP contribution >= 0.6 is 34.7 Å². The molecule has 2 heterocycles. The Bertz CT molecular complexity index is 1110. The van der Waals surface area contributed by atoms with Gasteiger partial charge in [-0.3, -0.25) is 9.20 Å². The second kappa shape index (κ2) is 7.67. The number of carbonyl (C=O) groups is 1. The maximum atomic E-state index is 13.6. The average molecular weight is 419 g/mol. The normalized spacial score (nSPS) is 11.0. The molecule has 0 aliphatic rings. The van der Waals surface area contributed by atoms with E-state index in [1.54, 1.807) is 12.1 Å². The molecule has 5 nitrogen and oxygen atoms in total. The van der Waals surface area contributed by atoms with Crippen LogP contribution in [0.15, 0.2) is 59.1 Å². The number of thiazole rings is 1. The number of thioether (sulfide) groups is 1. The second-order valence-corrected chi connectivity index (χ2v) is 7.76. The van der Waals surface area contributed by atoms with Gasteiger partial charge in [0.25, 0.3) is 0 Å². The Labute approximate surface area is 167 Å². The lowest BCUT2D eigenvalue weighted by Gasteiger charge is -2.06. The van der Waals surface area contributed by atoms with E-state index in [-0.39, 0.29) is 17.3 Å². The third kappa shape index (κ3) is 3.83. The Balaban J connectivity index is 1.53. The molecule has 0 bridgehead atoms. The number of carbonyl (C=O) groups excluding carboxylic acids is 1. The minimum atomic E-state index is -0.469. The highest BCUT2D eigenvalue weighted by atomic mass is 35.5. The van der Waals surface area contributed by atoms with Crippen LogP contribution in [0.3, 0.4) is 0 Å². The van der Waals surface area contributed by atoms with Gasteiger partial charge in [-0.2, -0.15) is 0 Å². The van der Waals surface area contributed by atoms with Gasteiger partial charge in [0.15, 0.2) is 5.16 Å². The van der Waals surface area contributed by atoms with Crippen molar-refractivity contribution in [2.24, 2.45) is 0 Å². The Kier molecular flexibility index (Phi) is 5.11. The molecule has 1 amide bonds. The number of hydrogen-bond donors (Lipinski definition) is 1. The lowest BCUT2D eigenvalue weighted by Crippen LogP contribution is -2.15. The van der Waals surface area contributed by atoms with Crippen molar-refractivity contribution in [1.29, 1.82) is 0 Å². The predicted molar refractivity (Wildman–Crippen MR) is 107 cm³/mol. The number of rotatable bonds is 5. The van der Waals surface area contributed by atoms with Crippen LogP contribution in [0.5, 0.6) is 0 Å². The molecule has 2 aromatic carbocycles. The van der Waals surface area contributed by atoms with Crippen LogP contribution in [-0.4, -0.2) is 26.3 Å². The van der Waals surface area contributed by atoms with Gasteiger partial charge in [-0.05, 0) is 29.8 Å². The third-order valence-corrected chi connectivity index (χ3v) is 5.74. The smallest absolute Gasteiger partial charge is 0.234 e. The van der Waals surface area contributed by atoms with Gasteiger partial charge in [-0.25, -0.2) is 4.39 Å². The molecular weight excluding hydrogens is 407 g/mol. The molecule has 0 spiro atoms. The number of para-hydroxylation sites is 1. The molecule has 136 valence electrons. The Morgan fingerprint density at radius 1 is 1.19 bits per heavy atom. The largest absolute Gasteiger partial charge is 0.323 e. The second-order valence-electron chi connectivity index (χ2n) is 5.55.